The zero-order chi connectivity index (χ0) is 10.2. The molecule has 0 heterocycles. The van der Waals surface area contributed by atoms with Crippen LogP contribution in [-0.2, 0) is 6.42 Å². The summed E-state index contributed by atoms with van der Waals surface area (Å²) in [6.07, 6.45) is 1.84. The number of alkyl halides is 1. The number of hydrogen-bond donors (Lipinski definition) is 1. The van der Waals surface area contributed by atoms with Crippen molar-refractivity contribution in [3.63, 3.8) is 0 Å². The van der Waals surface area contributed by atoms with Crippen LogP contribution in [0.2, 0.25) is 0 Å². The average molecular weight is 232 g/mol. The van der Waals surface area contributed by atoms with Crippen LogP contribution in [0.4, 0.5) is 4.39 Å². The van der Waals surface area contributed by atoms with E-state index in [1.807, 2.05) is 18.2 Å². The lowest BCUT2D eigenvalue weighted by Gasteiger charge is -2.06. The monoisotopic (exact) mass is 231 g/mol. The quantitative estimate of drug-likeness (QED) is 0.794. The molecule has 0 aliphatic rings. The van der Waals surface area contributed by atoms with Crippen LogP contribution in [0.5, 0.6) is 0 Å². The molecule has 1 aromatic carbocycles. The first-order chi connectivity index (χ1) is 6.83. The predicted molar refractivity (Wildman–Crippen MR) is 65.5 cm³/mol. The Morgan fingerprint density at radius 2 is 1.93 bits per heavy atom. The maximum atomic E-state index is 13.0. The van der Waals surface area contributed by atoms with Gasteiger partial charge < -0.3 is 5.32 Å². The molecule has 1 aromatic rings. The molecular weight excluding hydrogens is 213 g/mol. The molecule has 15 heavy (non-hydrogen) atoms. The Balaban J connectivity index is 0.00000196. The van der Waals surface area contributed by atoms with Gasteiger partial charge in [0.15, 0.2) is 0 Å². The lowest BCUT2D eigenvalue weighted by Crippen LogP contribution is -2.19. The summed E-state index contributed by atoms with van der Waals surface area (Å²) in [5, 5.41) is 2.84. The van der Waals surface area contributed by atoms with Crippen LogP contribution in [0.25, 0.3) is 0 Å². The molecule has 0 aromatic heterocycles. The fourth-order valence-electron chi connectivity index (χ4n) is 1.50. The van der Waals surface area contributed by atoms with Gasteiger partial charge in [-0.25, -0.2) is 4.39 Å². The lowest BCUT2D eigenvalue weighted by molar-refractivity contribution is 0.302. The molecule has 3 heteroatoms. The topological polar surface area (TPSA) is 12.0 Å². The van der Waals surface area contributed by atoms with Crippen LogP contribution >= 0.6 is 12.4 Å². The van der Waals surface area contributed by atoms with Crippen molar-refractivity contribution in [3.8, 4) is 0 Å². The minimum atomic E-state index is -0.705. The summed E-state index contributed by atoms with van der Waals surface area (Å²) in [4.78, 5) is 0. The van der Waals surface area contributed by atoms with E-state index in [0.717, 1.165) is 12.8 Å². The molecule has 0 amide bonds. The van der Waals surface area contributed by atoms with Crippen molar-refractivity contribution in [1.82, 2.24) is 5.32 Å². The minimum Gasteiger partial charge on any atom is -0.317 e. The van der Waals surface area contributed by atoms with Crippen LogP contribution in [0, 0.1) is 0 Å². The number of nitrogens with one attached hydrogen (secondary N) is 1. The molecule has 0 saturated carbocycles. The van der Waals surface area contributed by atoms with Gasteiger partial charge in [0.1, 0.15) is 6.17 Å². The highest BCUT2D eigenvalue weighted by atomic mass is 35.5. The number of benzene rings is 1. The van der Waals surface area contributed by atoms with Gasteiger partial charge in [0.05, 0.1) is 0 Å². The van der Waals surface area contributed by atoms with E-state index in [0.29, 0.717) is 13.0 Å². The standard InChI is InChI=1S/C12H18FN.ClH/c1-14-10-12(13)9-5-8-11-6-3-2-4-7-11;/h2-4,6-7,12,14H,5,8-10H2,1H3;1H. The third-order valence-corrected chi connectivity index (χ3v) is 2.25. The van der Waals surface area contributed by atoms with Gasteiger partial charge in [0.25, 0.3) is 0 Å². The fourth-order valence-corrected chi connectivity index (χ4v) is 1.50. The Hall–Kier alpha value is -0.600. The summed E-state index contributed by atoms with van der Waals surface area (Å²) in [5.74, 6) is 0. The van der Waals surface area contributed by atoms with Crippen LogP contribution in [0.15, 0.2) is 30.3 Å². The summed E-state index contributed by atoms with van der Waals surface area (Å²) < 4.78 is 13.0. The summed E-state index contributed by atoms with van der Waals surface area (Å²) in [7, 11) is 1.78. The van der Waals surface area contributed by atoms with E-state index in [1.165, 1.54) is 5.56 Å². The van der Waals surface area contributed by atoms with Crippen molar-refractivity contribution < 1.29 is 4.39 Å². The van der Waals surface area contributed by atoms with Crippen molar-refractivity contribution in [2.24, 2.45) is 0 Å². The largest absolute Gasteiger partial charge is 0.317 e. The van der Waals surface area contributed by atoms with Gasteiger partial charge in [-0.05, 0) is 31.9 Å². The van der Waals surface area contributed by atoms with Crippen molar-refractivity contribution in [2.45, 2.75) is 25.4 Å². The average Bonchev–Trinajstić information content (AvgIpc) is 2.20. The van der Waals surface area contributed by atoms with Crippen LogP contribution in [0.3, 0.4) is 0 Å². The van der Waals surface area contributed by atoms with Gasteiger partial charge in [-0.2, -0.15) is 0 Å². The third-order valence-electron chi connectivity index (χ3n) is 2.25. The minimum absolute atomic E-state index is 0. The normalized spacial score (nSPS) is 11.9. The van der Waals surface area contributed by atoms with Crippen LogP contribution in [-0.4, -0.2) is 19.8 Å². The molecule has 1 atom stereocenters. The molecule has 86 valence electrons. The molecule has 1 unspecified atom stereocenters. The highest BCUT2D eigenvalue weighted by Gasteiger charge is 2.03. The molecule has 0 spiro atoms. The van der Waals surface area contributed by atoms with Crippen molar-refractivity contribution in [1.29, 1.82) is 0 Å². The van der Waals surface area contributed by atoms with E-state index in [2.05, 4.69) is 17.4 Å². The van der Waals surface area contributed by atoms with E-state index in [-0.39, 0.29) is 12.4 Å². The molecule has 0 fully saturated rings. The highest BCUT2D eigenvalue weighted by molar-refractivity contribution is 5.85. The molecule has 0 aliphatic carbocycles. The molecule has 1 N–H and O–H groups in total. The molecule has 0 saturated heterocycles. The van der Waals surface area contributed by atoms with Gasteiger partial charge in [0, 0.05) is 6.54 Å². The number of hydrogen-bond acceptors (Lipinski definition) is 1. The van der Waals surface area contributed by atoms with E-state index < -0.39 is 6.17 Å². The Morgan fingerprint density at radius 1 is 1.27 bits per heavy atom. The Bertz CT molecular complexity index is 241. The number of halogens is 2. The summed E-state index contributed by atoms with van der Waals surface area (Å²) >= 11 is 0. The maximum absolute atomic E-state index is 13.0. The van der Waals surface area contributed by atoms with Crippen molar-refractivity contribution >= 4 is 12.4 Å². The van der Waals surface area contributed by atoms with Gasteiger partial charge in [0.2, 0.25) is 0 Å². The molecular formula is C12H19ClFN. The van der Waals surface area contributed by atoms with Crippen molar-refractivity contribution in [2.75, 3.05) is 13.6 Å². The van der Waals surface area contributed by atoms with E-state index >= 15 is 0 Å². The van der Waals surface area contributed by atoms with E-state index in [1.54, 1.807) is 7.05 Å². The highest BCUT2D eigenvalue weighted by Crippen LogP contribution is 2.07. The van der Waals surface area contributed by atoms with Gasteiger partial charge in [-0.3, -0.25) is 0 Å². The number of rotatable bonds is 6. The lowest BCUT2D eigenvalue weighted by atomic mass is 10.1. The predicted octanol–water partition coefficient (Wildman–Crippen LogP) is 2.99. The Morgan fingerprint density at radius 3 is 2.53 bits per heavy atom. The summed E-state index contributed by atoms with van der Waals surface area (Å²) in [5.41, 5.74) is 1.30. The second kappa shape index (κ2) is 8.69. The van der Waals surface area contributed by atoms with Crippen molar-refractivity contribution in [3.05, 3.63) is 35.9 Å². The molecule has 1 nitrogen and oxygen atoms in total. The first-order valence-corrected chi connectivity index (χ1v) is 5.15. The zero-order valence-electron chi connectivity index (χ0n) is 9.08. The fraction of sp³-hybridized carbons (Fsp3) is 0.500. The van der Waals surface area contributed by atoms with Gasteiger partial charge >= 0.3 is 0 Å². The van der Waals surface area contributed by atoms with E-state index in [4.69, 9.17) is 0 Å². The van der Waals surface area contributed by atoms with Gasteiger partial charge in [-0.1, -0.05) is 30.3 Å². The Kier molecular flexibility index (Phi) is 8.34. The van der Waals surface area contributed by atoms with Gasteiger partial charge in [-0.15, -0.1) is 12.4 Å². The third kappa shape index (κ3) is 6.47. The number of aryl methyl sites for hydroxylation is 1. The zero-order valence-corrected chi connectivity index (χ0v) is 9.90. The summed E-state index contributed by atoms with van der Waals surface area (Å²) in [6.45, 7) is 0.467. The maximum Gasteiger partial charge on any atom is 0.112 e. The second-order valence-electron chi connectivity index (χ2n) is 3.53. The molecule has 0 radical (unpaired) electrons. The van der Waals surface area contributed by atoms with Crippen LogP contribution in [0.1, 0.15) is 18.4 Å². The molecule has 1 rings (SSSR count). The summed E-state index contributed by atoms with van der Waals surface area (Å²) in [6, 6.07) is 10.2. The molecule has 0 aliphatic heterocycles. The van der Waals surface area contributed by atoms with Crippen LogP contribution < -0.4 is 5.32 Å². The Labute approximate surface area is 97.5 Å². The smallest absolute Gasteiger partial charge is 0.112 e. The first kappa shape index (κ1) is 14.4. The SMILES string of the molecule is CNCC(F)CCCc1ccccc1.Cl. The van der Waals surface area contributed by atoms with E-state index in [9.17, 15) is 4.39 Å². The second-order valence-corrected chi connectivity index (χ2v) is 3.53. The first-order valence-electron chi connectivity index (χ1n) is 5.15. The molecule has 0 bridgehead atoms.